The number of aliphatic hydroxyl groups is 1. The predicted octanol–water partition coefficient (Wildman–Crippen LogP) is 1.26. The minimum Gasteiger partial charge on any atom is -0.489 e. The Morgan fingerprint density at radius 3 is 2.62 bits per heavy atom. The summed E-state index contributed by atoms with van der Waals surface area (Å²) in [7, 11) is 0. The van der Waals surface area contributed by atoms with Crippen LogP contribution in [0.25, 0.3) is 0 Å². The lowest BCUT2D eigenvalue weighted by molar-refractivity contribution is -0.136. The quantitative estimate of drug-likeness (QED) is 0.790. The summed E-state index contributed by atoms with van der Waals surface area (Å²) in [5, 5.41) is 12.0. The molecule has 2 N–H and O–H groups in total. The van der Waals surface area contributed by atoms with Crippen LogP contribution in [0.15, 0.2) is 12.1 Å². The fourth-order valence-corrected chi connectivity index (χ4v) is 4.09. The third kappa shape index (κ3) is 2.86. The molecule has 7 heteroatoms. The number of ether oxygens (including phenoxy) is 1. The Morgan fingerprint density at radius 1 is 1.15 bits per heavy atom. The average molecular weight is 358 g/mol. The fourth-order valence-electron chi connectivity index (χ4n) is 4.09. The molecule has 7 nitrogen and oxygen atoms in total. The van der Waals surface area contributed by atoms with Gasteiger partial charge >= 0.3 is 0 Å². The van der Waals surface area contributed by atoms with Crippen molar-refractivity contribution >= 4 is 17.7 Å². The molecule has 2 aliphatic heterocycles. The van der Waals surface area contributed by atoms with E-state index in [-0.39, 0.29) is 30.9 Å². The lowest BCUT2D eigenvalue weighted by Gasteiger charge is -2.29. The fraction of sp³-hybridized carbons (Fsp3) is 0.526. The summed E-state index contributed by atoms with van der Waals surface area (Å²) in [5.74, 6) is -0.541. The highest BCUT2D eigenvalue weighted by Crippen LogP contribution is 2.38. The zero-order valence-corrected chi connectivity index (χ0v) is 14.5. The van der Waals surface area contributed by atoms with E-state index in [1.165, 1.54) is 4.90 Å². The SMILES string of the molecule is O=C1CCC(N2Cc3ccc(CO)c(OC4CCCC4)c3C2=O)C(=O)N1. The molecule has 0 radical (unpaired) electrons. The van der Waals surface area contributed by atoms with Crippen molar-refractivity contribution in [2.75, 3.05) is 0 Å². The number of benzene rings is 1. The number of fused-ring (bicyclic) bond motifs is 1. The monoisotopic (exact) mass is 358 g/mol. The van der Waals surface area contributed by atoms with E-state index in [4.69, 9.17) is 4.74 Å². The van der Waals surface area contributed by atoms with Gasteiger partial charge in [0, 0.05) is 18.5 Å². The van der Waals surface area contributed by atoms with E-state index in [0.29, 0.717) is 29.8 Å². The summed E-state index contributed by atoms with van der Waals surface area (Å²) >= 11 is 0. The number of aliphatic hydroxyl groups excluding tert-OH is 1. The molecule has 1 aliphatic carbocycles. The minimum atomic E-state index is -0.649. The largest absolute Gasteiger partial charge is 0.489 e. The van der Waals surface area contributed by atoms with Gasteiger partial charge in [0.2, 0.25) is 11.8 Å². The van der Waals surface area contributed by atoms with Gasteiger partial charge in [-0.1, -0.05) is 12.1 Å². The number of nitrogens with zero attached hydrogens (tertiary/aromatic N) is 1. The first-order valence-electron chi connectivity index (χ1n) is 9.15. The van der Waals surface area contributed by atoms with E-state index in [2.05, 4.69) is 5.32 Å². The number of carbonyl (C=O) groups is 3. The number of carbonyl (C=O) groups excluding carboxylic acids is 3. The van der Waals surface area contributed by atoms with Gasteiger partial charge in [-0.05, 0) is 37.7 Å². The molecule has 1 saturated carbocycles. The average Bonchev–Trinajstić information content (AvgIpc) is 3.24. The summed E-state index contributed by atoms with van der Waals surface area (Å²) in [6, 6.07) is 2.95. The number of hydrogen-bond donors (Lipinski definition) is 2. The Balaban J connectivity index is 1.65. The highest BCUT2D eigenvalue weighted by atomic mass is 16.5. The molecule has 0 spiro atoms. The maximum absolute atomic E-state index is 13.1. The molecule has 1 saturated heterocycles. The molecule has 2 fully saturated rings. The van der Waals surface area contributed by atoms with Gasteiger partial charge in [-0.15, -0.1) is 0 Å². The van der Waals surface area contributed by atoms with Crippen molar-refractivity contribution in [3.05, 3.63) is 28.8 Å². The molecule has 1 aromatic rings. The van der Waals surface area contributed by atoms with Crippen LogP contribution in [0.3, 0.4) is 0 Å². The van der Waals surface area contributed by atoms with Gasteiger partial charge in [-0.2, -0.15) is 0 Å². The summed E-state index contributed by atoms with van der Waals surface area (Å²) in [5.41, 5.74) is 1.84. The Kier molecular flexibility index (Phi) is 4.40. The zero-order chi connectivity index (χ0) is 18.3. The number of rotatable bonds is 4. The molecule has 1 aromatic carbocycles. The Hall–Kier alpha value is -2.41. The molecular formula is C19H22N2O5. The van der Waals surface area contributed by atoms with Crippen LogP contribution >= 0.6 is 0 Å². The second kappa shape index (κ2) is 6.72. The summed E-state index contributed by atoms with van der Waals surface area (Å²) in [4.78, 5) is 38.2. The van der Waals surface area contributed by atoms with Gasteiger partial charge in [0.1, 0.15) is 11.8 Å². The van der Waals surface area contributed by atoms with Gasteiger partial charge in [0.05, 0.1) is 18.3 Å². The first-order valence-corrected chi connectivity index (χ1v) is 9.15. The Labute approximate surface area is 151 Å². The molecule has 2 heterocycles. The molecule has 26 heavy (non-hydrogen) atoms. The van der Waals surface area contributed by atoms with E-state index in [1.807, 2.05) is 6.07 Å². The molecule has 0 bridgehead atoms. The smallest absolute Gasteiger partial charge is 0.258 e. The second-order valence-corrected chi connectivity index (χ2v) is 7.17. The first kappa shape index (κ1) is 17.0. The van der Waals surface area contributed by atoms with Crippen LogP contribution in [-0.4, -0.2) is 39.9 Å². The van der Waals surface area contributed by atoms with Crippen LogP contribution < -0.4 is 10.1 Å². The molecule has 4 rings (SSSR count). The minimum absolute atomic E-state index is 0.0595. The summed E-state index contributed by atoms with van der Waals surface area (Å²) < 4.78 is 6.13. The van der Waals surface area contributed by atoms with Crippen LogP contribution in [0.1, 0.15) is 60.0 Å². The van der Waals surface area contributed by atoms with Gasteiger partial charge < -0.3 is 14.7 Å². The maximum Gasteiger partial charge on any atom is 0.258 e. The molecule has 3 aliphatic rings. The van der Waals surface area contributed by atoms with Gasteiger partial charge in [0.15, 0.2) is 0 Å². The van der Waals surface area contributed by atoms with Crippen LogP contribution in [0, 0.1) is 0 Å². The van der Waals surface area contributed by atoms with Crippen molar-refractivity contribution in [3.8, 4) is 5.75 Å². The topological polar surface area (TPSA) is 95.9 Å². The number of piperidine rings is 1. The molecular weight excluding hydrogens is 336 g/mol. The third-order valence-electron chi connectivity index (χ3n) is 5.48. The van der Waals surface area contributed by atoms with Crippen molar-refractivity contribution in [1.29, 1.82) is 0 Å². The highest BCUT2D eigenvalue weighted by molar-refractivity contribution is 6.06. The van der Waals surface area contributed by atoms with Gasteiger partial charge in [-0.3, -0.25) is 19.7 Å². The second-order valence-electron chi connectivity index (χ2n) is 7.17. The number of imide groups is 1. The summed E-state index contributed by atoms with van der Waals surface area (Å²) in [6.45, 7) is 0.105. The predicted molar refractivity (Wildman–Crippen MR) is 91.3 cm³/mol. The highest BCUT2D eigenvalue weighted by Gasteiger charge is 2.41. The maximum atomic E-state index is 13.1. The Morgan fingerprint density at radius 2 is 1.92 bits per heavy atom. The van der Waals surface area contributed by atoms with E-state index >= 15 is 0 Å². The molecule has 1 unspecified atom stereocenters. The normalized spacial score (nSPS) is 23.3. The van der Waals surface area contributed by atoms with Crippen molar-refractivity contribution in [2.24, 2.45) is 0 Å². The molecule has 138 valence electrons. The number of hydrogen-bond acceptors (Lipinski definition) is 5. The third-order valence-corrected chi connectivity index (χ3v) is 5.48. The van der Waals surface area contributed by atoms with Crippen molar-refractivity contribution in [2.45, 2.75) is 63.8 Å². The van der Waals surface area contributed by atoms with Crippen molar-refractivity contribution in [1.82, 2.24) is 10.2 Å². The lowest BCUT2D eigenvalue weighted by atomic mass is 10.0. The van der Waals surface area contributed by atoms with E-state index < -0.39 is 11.9 Å². The molecule has 0 aromatic heterocycles. The van der Waals surface area contributed by atoms with Crippen LogP contribution in [-0.2, 0) is 22.7 Å². The number of amides is 3. The van der Waals surface area contributed by atoms with Crippen LogP contribution in [0.2, 0.25) is 0 Å². The molecule has 3 amide bonds. The van der Waals surface area contributed by atoms with Gasteiger partial charge in [0.25, 0.3) is 5.91 Å². The van der Waals surface area contributed by atoms with Crippen molar-refractivity contribution in [3.63, 3.8) is 0 Å². The first-order chi connectivity index (χ1) is 12.6. The lowest BCUT2D eigenvalue weighted by Crippen LogP contribution is -2.52. The van der Waals surface area contributed by atoms with E-state index in [1.54, 1.807) is 6.07 Å². The van der Waals surface area contributed by atoms with E-state index in [0.717, 1.165) is 31.2 Å². The Bertz CT molecular complexity index is 769. The van der Waals surface area contributed by atoms with E-state index in [9.17, 15) is 19.5 Å². The van der Waals surface area contributed by atoms with Gasteiger partial charge in [-0.25, -0.2) is 0 Å². The molecule has 1 atom stereocenters. The standard InChI is InChI=1S/C19H22N2O5/c22-10-12-6-5-11-9-21(14-7-8-15(23)20-18(14)24)19(25)16(11)17(12)26-13-3-1-2-4-13/h5-6,13-14,22H,1-4,7-10H2,(H,20,23,24). The number of nitrogens with one attached hydrogen (secondary N) is 1. The summed E-state index contributed by atoms with van der Waals surface area (Å²) in [6.07, 6.45) is 4.71. The van der Waals surface area contributed by atoms with Crippen molar-refractivity contribution < 1.29 is 24.2 Å². The van der Waals surface area contributed by atoms with Crippen LogP contribution in [0.5, 0.6) is 5.75 Å². The van der Waals surface area contributed by atoms with Crippen LogP contribution in [0.4, 0.5) is 0 Å². The zero-order valence-electron chi connectivity index (χ0n) is 14.5.